The Balaban J connectivity index is 2.16. The molecule has 0 radical (unpaired) electrons. The zero-order chi connectivity index (χ0) is 9.97. The molecule has 72 valence electrons. The Morgan fingerprint density at radius 3 is 2.71 bits per heavy atom. The van der Waals surface area contributed by atoms with E-state index in [1.54, 1.807) is 12.1 Å². The molecule has 1 fully saturated rings. The Morgan fingerprint density at radius 2 is 2.14 bits per heavy atom. The van der Waals surface area contributed by atoms with E-state index in [1.165, 1.54) is 6.42 Å². The minimum absolute atomic E-state index is 0.357. The fourth-order valence-electron chi connectivity index (χ4n) is 1.38. The van der Waals surface area contributed by atoms with Crippen LogP contribution in [0.15, 0.2) is 22.7 Å². The lowest BCUT2D eigenvalue weighted by Gasteiger charge is -2.26. The molecule has 0 atom stereocenters. The van der Waals surface area contributed by atoms with Gasteiger partial charge in [0.05, 0.1) is 17.7 Å². The largest absolute Gasteiger partial charge is 0.490 e. The van der Waals surface area contributed by atoms with E-state index in [0.29, 0.717) is 11.7 Å². The van der Waals surface area contributed by atoms with Crippen LogP contribution in [-0.4, -0.2) is 6.10 Å². The minimum atomic E-state index is 0.357. The van der Waals surface area contributed by atoms with Crippen LogP contribution in [-0.2, 0) is 0 Å². The average molecular weight is 252 g/mol. The maximum Gasteiger partial charge on any atom is 0.122 e. The van der Waals surface area contributed by atoms with Crippen LogP contribution in [0.1, 0.15) is 24.8 Å². The zero-order valence-electron chi connectivity index (χ0n) is 7.66. The molecule has 0 aromatic heterocycles. The highest BCUT2D eigenvalue weighted by molar-refractivity contribution is 9.10. The molecular formula is C11H10BrNO. The predicted octanol–water partition coefficient (Wildman–Crippen LogP) is 3.25. The molecule has 0 bridgehead atoms. The quantitative estimate of drug-likeness (QED) is 0.809. The van der Waals surface area contributed by atoms with Crippen LogP contribution in [0.4, 0.5) is 0 Å². The Kier molecular flexibility index (Phi) is 2.74. The summed E-state index contributed by atoms with van der Waals surface area (Å²) in [5.74, 6) is 0.792. The standard InChI is InChI=1S/C11H10BrNO/c12-9-4-8(7-13)5-11(6-9)14-10-2-1-3-10/h4-6,10H,1-3H2. The Hall–Kier alpha value is -1.01. The summed E-state index contributed by atoms with van der Waals surface area (Å²) >= 11 is 3.35. The van der Waals surface area contributed by atoms with E-state index in [0.717, 1.165) is 23.1 Å². The van der Waals surface area contributed by atoms with Gasteiger partial charge in [-0.3, -0.25) is 0 Å². The molecule has 0 amide bonds. The molecule has 0 N–H and O–H groups in total. The first kappa shape index (κ1) is 9.54. The molecule has 1 aromatic carbocycles. The van der Waals surface area contributed by atoms with Crippen molar-refractivity contribution >= 4 is 15.9 Å². The molecule has 0 heterocycles. The Morgan fingerprint density at radius 1 is 1.36 bits per heavy atom. The van der Waals surface area contributed by atoms with Crippen LogP contribution in [0.3, 0.4) is 0 Å². The molecule has 3 heteroatoms. The molecule has 1 aliphatic carbocycles. The summed E-state index contributed by atoms with van der Waals surface area (Å²) in [4.78, 5) is 0. The molecule has 2 rings (SSSR count). The van der Waals surface area contributed by atoms with Gasteiger partial charge in [0.1, 0.15) is 5.75 Å². The topological polar surface area (TPSA) is 33.0 Å². The molecule has 1 aromatic rings. The van der Waals surface area contributed by atoms with Crippen LogP contribution in [0.5, 0.6) is 5.75 Å². The van der Waals surface area contributed by atoms with Gasteiger partial charge in [0, 0.05) is 4.47 Å². The van der Waals surface area contributed by atoms with Gasteiger partial charge in [-0.15, -0.1) is 0 Å². The number of rotatable bonds is 2. The highest BCUT2D eigenvalue weighted by atomic mass is 79.9. The number of benzene rings is 1. The summed E-state index contributed by atoms with van der Waals surface area (Å²) in [5, 5.41) is 8.77. The third-order valence-electron chi connectivity index (χ3n) is 2.36. The van der Waals surface area contributed by atoms with Crippen molar-refractivity contribution in [1.29, 1.82) is 5.26 Å². The van der Waals surface area contributed by atoms with Crippen molar-refractivity contribution in [3.63, 3.8) is 0 Å². The van der Waals surface area contributed by atoms with Gasteiger partial charge in [-0.25, -0.2) is 0 Å². The smallest absolute Gasteiger partial charge is 0.122 e. The van der Waals surface area contributed by atoms with Gasteiger partial charge in [-0.2, -0.15) is 5.26 Å². The molecule has 0 spiro atoms. The number of hydrogen-bond acceptors (Lipinski definition) is 2. The number of hydrogen-bond donors (Lipinski definition) is 0. The van der Waals surface area contributed by atoms with Gasteiger partial charge in [0.15, 0.2) is 0 Å². The first-order chi connectivity index (χ1) is 6.78. The maximum atomic E-state index is 8.77. The van der Waals surface area contributed by atoms with Crippen molar-refractivity contribution in [2.75, 3.05) is 0 Å². The summed E-state index contributed by atoms with van der Waals surface area (Å²) < 4.78 is 6.59. The van der Waals surface area contributed by atoms with Crippen molar-refractivity contribution in [3.05, 3.63) is 28.2 Å². The molecule has 0 aliphatic heterocycles. The van der Waals surface area contributed by atoms with E-state index >= 15 is 0 Å². The zero-order valence-corrected chi connectivity index (χ0v) is 9.25. The van der Waals surface area contributed by atoms with E-state index in [9.17, 15) is 0 Å². The first-order valence-corrected chi connectivity index (χ1v) is 5.44. The lowest BCUT2D eigenvalue weighted by Crippen LogP contribution is -2.24. The van der Waals surface area contributed by atoms with Crippen molar-refractivity contribution in [2.24, 2.45) is 0 Å². The van der Waals surface area contributed by atoms with Gasteiger partial charge in [-0.1, -0.05) is 15.9 Å². The second kappa shape index (κ2) is 4.02. The van der Waals surface area contributed by atoms with E-state index in [2.05, 4.69) is 22.0 Å². The third-order valence-corrected chi connectivity index (χ3v) is 2.81. The maximum absolute atomic E-state index is 8.77. The van der Waals surface area contributed by atoms with E-state index in [1.807, 2.05) is 6.07 Å². The number of nitrogens with zero attached hydrogens (tertiary/aromatic N) is 1. The van der Waals surface area contributed by atoms with Gasteiger partial charge in [-0.05, 0) is 37.5 Å². The molecule has 0 saturated heterocycles. The van der Waals surface area contributed by atoms with Crippen LogP contribution in [0.25, 0.3) is 0 Å². The van der Waals surface area contributed by atoms with Crippen LogP contribution >= 0.6 is 15.9 Å². The van der Waals surface area contributed by atoms with Gasteiger partial charge < -0.3 is 4.74 Å². The van der Waals surface area contributed by atoms with Crippen LogP contribution in [0, 0.1) is 11.3 Å². The summed E-state index contributed by atoms with van der Waals surface area (Å²) in [7, 11) is 0. The molecule has 0 unspecified atom stereocenters. The average Bonchev–Trinajstić information content (AvgIpc) is 2.10. The van der Waals surface area contributed by atoms with Gasteiger partial charge in [0.2, 0.25) is 0 Å². The minimum Gasteiger partial charge on any atom is -0.490 e. The predicted molar refractivity (Wildman–Crippen MR) is 57.1 cm³/mol. The van der Waals surface area contributed by atoms with E-state index < -0.39 is 0 Å². The molecule has 1 aliphatic rings. The monoisotopic (exact) mass is 251 g/mol. The Labute approximate surface area is 91.6 Å². The fourth-order valence-corrected chi connectivity index (χ4v) is 1.85. The second-order valence-corrected chi connectivity index (χ2v) is 4.37. The van der Waals surface area contributed by atoms with Gasteiger partial charge >= 0.3 is 0 Å². The SMILES string of the molecule is N#Cc1cc(Br)cc(OC2CCC2)c1. The lowest BCUT2D eigenvalue weighted by atomic mass is 9.96. The van der Waals surface area contributed by atoms with Crippen molar-refractivity contribution in [1.82, 2.24) is 0 Å². The summed E-state index contributed by atoms with van der Waals surface area (Å²) in [5.41, 5.74) is 0.633. The van der Waals surface area contributed by atoms with Crippen molar-refractivity contribution in [2.45, 2.75) is 25.4 Å². The number of nitriles is 1. The third kappa shape index (κ3) is 2.08. The molecule has 1 saturated carbocycles. The number of ether oxygens (including phenoxy) is 1. The lowest BCUT2D eigenvalue weighted by molar-refractivity contribution is 0.120. The normalized spacial score (nSPS) is 15.7. The summed E-state index contributed by atoms with van der Waals surface area (Å²) in [6.45, 7) is 0. The summed E-state index contributed by atoms with van der Waals surface area (Å²) in [6, 6.07) is 7.58. The van der Waals surface area contributed by atoms with E-state index in [-0.39, 0.29) is 0 Å². The first-order valence-electron chi connectivity index (χ1n) is 4.65. The highest BCUT2D eigenvalue weighted by Gasteiger charge is 2.19. The number of halogens is 1. The van der Waals surface area contributed by atoms with Crippen molar-refractivity contribution in [3.8, 4) is 11.8 Å². The summed E-state index contributed by atoms with van der Waals surface area (Å²) in [6.07, 6.45) is 3.88. The Bertz CT molecular complexity index is 379. The highest BCUT2D eigenvalue weighted by Crippen LogP contribution is 2.27. The molecule has 2 nitrogen and oxygen atoms in total. The fraction of sp³-hybridized carbons (Fsp3) is 0.364. The van der Waals surface area contributed by atoms with E-state index in [4.69, 9.17) is 10.00 Å². The molecular weight excluding hydrogens is 242 g/mol. The van der Waals surface area contributed by atoms with Crippen LogP contribution < -0.4 is 4.74 Å². The van der Waals surface area contributed by atoms with Crippen LogP contribution in [0.2, 0.25) is 0 Å². The van der Waals surface area contributed by atoms with Crippen molar-refractivity contribution < 1.29 is 4.74 Å². The van der Waals surface area contributed by atoms with Gasteiger partial charge in [0.25, 0.3) is 0 Å². The molecule has 14 heavy (non-hydrogen) atoms. The second-order valence-electron chi connectivity index (χ2n) is 3.46.